The smallest absolute Gasteiger partial charge is 0.170 e. The topological polar surface area (TPSA) is 35.2 Å². The molecule has 1 atom stereocenters. The third-order valence-corrected chi connectivity index (χ3v) is 4.94. The summed E-state index contributed by atoms with van der Waals surface area (Å²) < 4.78 is 19.2. The van der Waals surface area contributed by atoms with E-state index in [0.717, 1.165) is 17.7 Å². The quantitative estimate of drug-likeness (QED) is 0.933. The molecule has 0 fully saturated rings. The molecule has 3 rings (SSSR count). The van der Waals surface area contributed by atoms with Crippen LogP contribution < -0.4 is 10.5 Å². The molecule has 0 amide bonds. The van der Waals surface area contributed by atoms with Crippen LogP contribution in [0.3, 0.4) is 0 Å². The van der Waals surface area contributed by atoms with E-state index in [1.54, 1.807) is 29.5 Å². The molecular formula is C15H16FNOS. The number of benzene rings is 1. The minimum absolute atomic E-state index is 0.247. The van der Waals surface area contributed by atoms with Crippen LogP contribution in [0.2, 0.25) is 0 Å². The molecule has 1 aliphatic carbocycles. The number of fused-ring (bicyclic) bond motifs is 1. The number of aryl methyl sites for hydroxylation is 2. The lowest BCUT2D eigenvalue weighted by Crippen LogP contribution is -2.12. The van der Waals surface area contributed by atoms with Crippen LogP contribution in [-0.4, -0.2) is 7.11 Å². The highest BCUT2D eigenvalue weighted by molar-refractivity contribution is 7.12. The van der Waals surface area contributed by atoms with Gasteiger partial charge in [-0.1, -0.05) is 12.1 Å². The van der Waals surface area contributed by atoms with Gasteiger partial charge in [0.05, 0.1) is 13.2 Å². The third kappa shape index (κ3) is 2.15. The van der Waals surface area contributed by atoms with Crippen molar-refractivity contribution in [3.05, 3.63) is 51.0 Å². The van der Waals surface area contributed by atoms with E-state index in [-0.39, 0.29) is 11.6 Å². The third-order valence-electron chi connectivity index (χ3n) is 3.62. The molecule has 0 saturated heterocycles. The predicted molar refractivity (Wildman–Crippen MR) is 75.3 cm³/mol. The highest BCUT2D eigenvalue weighted by atomic mass is 32.1. The Morgan fingerprint density at radius 2 is 2.21 bits per heavy atom. The van der Waals surface area contributed by atoms with Gasteiger partial charge in [0.25, 0.3) is 0 Å². The van der Waals surface area contributed by atoms with Crippen molar-refractivity contribution >= 4 is 11.3 Å². The zero-order valence-corrected chi connectivity index (χ0v) is 11.6. The first-order valence-corrected chi connectivity index (χ1v) is 7.22. The maximum atomic E-state index is 14.2. The fourth-order valence-corrected chi connectivity index (χ4v) is 3.86. The van der Waals surface area contributed by atoms with E-state index < -0.39 is 6.04 Å². The minimum Gasteiger partial charge on any atom is -0.494 e. The first-order chi connectivity index (χ1) is 9.20. The molecular weight excluding hydrogens is 261 g/mol. The van der Waals surface area contributed by atoms with Crippen LogP contribution in [0, 0.1) is 5.82 Å². The second kappa shape index (κ2) is 4.94. The lowest BCUT2D eigenvalue weighted by molar-refractivity contribution is 0.383. The number of nitrogens with two attached hydrogens (primary N) is 1. The van der Waals surface area contributed by atoms with Crippen LogP contribution in [0.25, 0.3) is 0 Å². The van der Waals surface area contributed by atoms with Crippen molar-refractivity contribution in [2.45, 2.75) is 25.3 Å². The molecule has 0 bridgehead atoms. The van der Waals surface area contributed by atoms with Gasteiger partial charge in [-0.3, -0.25) is 0 Å². The molecule has 2 nitrogen and oxygen atoms in total. The van der Waals surface area contributed by atoms with Crippen LogP contribution in [0.15, 0.2) is 24.3 Å². The first-order valence-electron chi connectivity index (χ1n) is 6.40. The zero-order chi connectivity index (χ0) is 13.4. The summed E-state index contributed by atoms with van der Waals surface area (Å²) in [5.41, 5.74) is 8.10. The van der Waals surface area contributed by atoms with Crippen LogP contribution >= 0.6 is 11.3 Å². The second-order valence-electron chi connectivity index (χ2n) is 4.79. The maximum Gasteiger partial charge on any atom is 0.170 e. The summed E-state index contributed by atoms with van der Waals surface area (Å²) in [4.78, 5) is 2.45. The molecule has 1 unspecified atom stereocenters. The van der Waals surface area contributed by atoms with Crippen molar-refractivity contribution in [1.29, 1.82) is 0 Å². The van der Waals surface area contributed by atoms with Crippen molar-refractivity contribution in [3.8, 4) is 5.75 Å². The average molecular weight is 277 g/mol. The maximum absolute atomic E-state index is 14.2. The summed E-state index contributed by atoms with van der Waals surface area (Å²) in [6, 6.07) is 6.84. The highest BCUT2D eigenvalue weighted by Crippen LogP contribution is 2.36. The molecule has 0 radical (unpaired) electrons. The SMILES string of the molecule is COc1cccc(C(N)c2cc3c(s2)CCC3)c1F. The van der Waals surface area contributed by atoms with Crippen molar-refractivity contribution in [3.63, 3.8) is 0 Å². The number of methoxy groups -OCH3 is 1. The van der Waals surface area contributed by atoms with Crippen molar-refractivity contribution in [2.24, 2.45) is 5.73 Å². The number of hydrogen-bond donors (Lipinski definition) is 1. The van der Waals surface area contributed by atoms with E-state index in [0.29, 0.717) is 5.56 Å². The predicted octanol–water partition coefficient (Wildman–Crippen LogP) is 3.43. The molecule has 1 aliphatic rings. The monoisotopic (exact) mass is 277 g/mol. The molecule has 0 saturated carbocycles. The van der Waals surface area contributed by atoms with E-state index in [1.807, 2.05) is 0 Å². The Kier molecular flexibility index (Phi) is 3.29. The van der Waals surface area contributed by atoms with Gasteiger partial charge in [-0.05, 0) is 37.0 Å². The summed E-state index contributed by atoms with van der Waals surface area (Å²) in [5.74, 6) is -0.108. The van der Waals surface area contributed by atoms with Gasteiger partial charge in [0, 0.05) is 15.3 Å². The minimum atomic E-state index is -0.411. The zero-order valence-electron chi connectivity index (χ0n) is 10.8. The summed E-state index contributed by atoms with van der Waals surface area (Å²) in [6.07, 6.45) is 3.48. The van der Waals surface area contributed by atoms with Gasteiger partial charge in [0.15, 0.2) is 11.6 Å². The van der Waals surface area contributed by atoms with Gasteiger partial charge in [-0.25, -0.2) is 4.39 Å². The van der Waals surface area contributed by atoms with Gasteiger partial charge in [0.1, 0.15) is 0 Å². The molecule has 2 aromatic rings. The Morgan fingerprint density at radius 3 is 2.95 bits per heavy atom. The van der Waals surface area contributed by atoms with Crippen LogP contribution in [0.1, 0.15) is 33.3 Å². The first kappa shape index (κ1) is 12.6. The van der Waals surface area contributed by atoms with Gasteiger partial charge < -0.3 is 10.5 Å². The molecule has 1 heterocycles. The Balaban J connectivity index is 1.97. The van der Waals surface area contributed by atoms with E-state index in [1.165, 1.54) is 24.0 Å². The molecule has 19 heavy (non-hydrogen) atoms. The molecule has 100 valence electrons. The van der Waals surface area contributed by atoms with Gasteiger partial charge in [-0.2, -0.15) is 0 Å². The summed E-state index contributed by atoms with van der Waals surface area (Å²) in [5, 5.41) is 0. The van der Waals surface area contributed by atoms with Crippen LogP contribution in [0.4, 0.5) is 4.39 Å². The van der Waals surface area contributed by atoms with Gasteiger partial charge in [0.2, 0.25) is 0 Å². The number of hydrogen-bond acceptors (Lipinski definition) is 3. The lowest BCUT2D eigenvalue weighted by atomic mass is 10.0. The van der Waals surface area contributed by atoms with Crippen molar-refractivity contribution < 1.29 is 9.13 Å². The molecule has 4 heteroatoms. The molecule has 0 aliphatic heterocycles. The van der Waals surface area contributed by atoms with Crippen molar-refractivity contribution in [2.75, 3.05) is 7.11 Å². The Hall–Kier alpha value is -1.39. The Morgan fingerprint density at radius 1 is 1.37 bits per heavy atom. The summed E-state index contributed by atoms with van der Waals surface area (Å²) in [7, 11) is 1.47. The summed E-state index contributed by atoms with van der Waals surface area (Å²) >= 11 is 1.71. The Labute approximate surface area is 116 Å². The standard InChI is InChI=1S/C15H16FNOS/c1-18-11-6-3-5-10(14(11)16)15(17)13-8-9-4-2-7-12(9)19-13/h3,5-6,8,15H,2,4,7,17H2,1H3. The number of rotatable bonds is 3. The Bertz CT molecular complexity index is 587. The lowest BCUT2D eigenvalue weighted by Gasteiger charge is -2.13. The van der Waals surface area contributed by atoms with Crippen molar-refractivity contribution in [1.82, 2.24) is 0 Å². The van der Waals surface area contributed by atoms with E-state index in [4.69, 9.17) is 10.5 Å². The van der Waals surface area contributed by atoms with Gasteiger partial charge >= 0.3 is 0 Å². The van der Waals surface area contributed by atoms with E-state index in [9.17, 15) is 4.39 Å². The van der Waals surface area contributed by atoms with Crippen LogP contribution in [-0.2, 0) is 12.8 Å². The fraction of sp³-hybridized carbons (Fsp3) is 0.333. The van der Waals surface area contributed by atoms with E-state index >= 15 is 0 Å². The molecule has 2 N–H and O–H groups in total. The number of thiophene rings is 1. The van der Waals surface area contributed by atoms with Crippen LogP contribution in [0.5, 0.6) is 5.75 Å². The number of halogens is 1. The molecule has 0 spiro atoms. The number of ether oxygens (including phenoxy) is 1. The largest absolute Gasteiger partial charge is 0.494 e. The van der Waals surface area contributed by atoms with Gasteiger partial charge in [-0.15, -0.1) is 11.3 Å². The summed E-state index contributed by atoms with van der Waals surface area (Å²) in [6.45, 7) is 0. The molecule has 1 aromatic heterocycles. The average Bonchev–Trinajstić information content (AvgIpc) is 2.99. The molecule has 1 aromatic carbocycles. The normalized spacial score (nSPS) is 15.3. The van der Waals surface area contributed by atoms with E-state index in [2.05, 4.69) is 6.07 Å². The second-order valence-corrected chi connectivity index (χ2v) is 5.96. The fourth-order valence-electron chi connectivity index (χ4n) is 2.58. The highest BCUT2D eigenvalue weighted by Gasteiger charge is 2.22.